The molecule has 21 heavy (non-hydrogen) atoms. The number of fused-ring (bicyclic) bond motifs is 1. The molecule has 0 saturated carbocycles. The van der Waals surface area contributed by atoms with Crippen LogP contribution in [0.4, 0.5) is 0 Å². The largest absolute Gasteiger partial charge is 0.493 e. The Morgan fingerprint density at radius 2 is 2.29 bits per heavy atom. The summed E-state index contributed by atoms with van der Waals surface area (Å²) in [5.74, 6) is 2.17. The Morgan fingerprint density at radius 3 is 3.10 bits per heavy atom. The van der Waals surface area contributed by atoms with Crippen LogP contribution in [0.5, 0.6) is 5.75 Å². The van der Waals surface area contributed by atoms with Crippen LogP contribution in [0.3, 0.4) is 0 Å². The number of nitrogens with zero attached hydrogens (tertiary/aromatic N) is 3. The average molecular weight is 285 g/mol. The molecule has 3 rings (SSSR count). The molecule has 1 aliphatic heterocycles. The van der Waals surface area contributed by atoms with Gasteiger partial charge in [-0.25, -0.2) is 9.67 Å². The minimum absolute atomic E-state index is 0.0720. The highest BCUT2D eigenvalue weighted by molar-refractivity contribution is 5.97. The third-order valence-corrected chi connectivity index (χ3v) is 3.56. The van der Waals surface area contributed by atoms with Gasteiger partial charge in [-0.3, -0.25) is 4.79 Å². The van der Waals surface area contributed by atoms with Crippen molar-refractivity contribution in [3.8, 4) is 5.75 Å². The van der Waals surface area contributed by atoms with E-state index >= 15 is 0 Å². The summed E-state index contributed by atoms with van der Waals surface area (Å²) in [4.78, 5) is 16.6. The maximum Gasteiger partial charge on any atom is 0.170 e. The maximum atomic E-state index is 12.4. The van der Waals surface area contributed by atoms with Gasteiger partial charge in [0, 0.05) is 18.5 Å². The summed E-state index contributed by atoms with van der Waals surface area (Å²) in [6, 6.07) is 5.65. The lowest BCUT2D eigenvalue weighted by Crippen LogP contribution is -2.14. The van der Waals surface area contributed by atoms with E-state index in [-0.39, 0.29) is 12.2 Å². The van der Waals surface area contributed by atoms with E-state index in [4.69, 9.17) is 4.74 Å². The van der Waals surface area contributed by atoms with Gasteiger partial charge in [0.1, 0.15) is 17.9 Å². The number of ketones is 1. The van der Waals surface area contributed by atoms with Gasteiger partial charge in [-0.2, -0.15) is 5.10 Å². The smallest absolute Gasteiger partial charge is 0.170 e. The van der Waals surface area contributed by atoms with Gasteiger partial charge in [0.15, 0.2) is 5.78 Å². The number of carbonyl (C=O) groups is 1. The predicted octanol–water partition coefficient (Wildman–Crippen LogP) is 2.29. The number of hydrogen-bond donors (Lipinski definition) is 0. The second-order valence-corrected chi connectivity index (χ2v) is 5.77. The Bertz CT molecular complexity index is 661. The molecule has 1 aliphatic rings. The molecule has 1 aromatic carbocycles. The zero-order valence-corrected chi connectivity index (χ0v) is 12.4. The van der Waals surface area contributed by atoms with Crippen LogP contribution in [0.25, 0.3) is 0 Å². The van der Waals surface area contributed by atoms with Crippen molar-refractivity contribution in [1.82, 2.24) is 14.8 Å². The summed E-state index contributed by atoms with van der Waals surface area (Å²) in [5, 5.41) is 4.19. The molecule has 0 spiro atoms. The number of Topliss-reactive ketones (excluding diaryl/α,β-unsaturated/α-hetero) is 1. The molecule has 0 aliphatic carbocycles. The number of rotatable bonds is 5. The first-order chi connectivity index (χ1) is 10.1. The van der Waals surface area contributed by atoms with Gasteiger partial charge in [0.2, 0.25) is 0 Å². The van der Waals surface area contributed by atoms with E-state index in [0.29, 0.717) is 12.5 Å². The number of aromatic nitrogens is 3. The van der Waals surface area contributed by atoms with Crippen molar-refractivity contribution in [2.45, 2.75) is 33.2 Å². The van der Waals surface area contributed by atoms with E-state index < -0.39 is 0 Å². The molecule has 0 radical (unpaired) electrons. The third-order valence-electron chi connectivity index (χ3n) is 3.56. The summed E-state index contributed by atoms with van der Waals surface area (Å²) in [6.07, 6.45) is 2.67. The highest BCUT2D eigenvalue weighted by Crippen LogP contribution is 2.26. The first-order valence-corrected chi connectivity index (χ1v) is 7.29. The molecule has 0 unspecified atom stereocenters. The van der Waals surface area contributed by atoms with E-state index in [2.05, 4.69) is 23.9 Å². The number of benzene rings is 1. The lowest BCUT2D eigenvalue weighted by molar-refractivity contribution is 0.0989. The van der Waals surface area contributed by atoms with Gasteiger partial charge >= 0.3 is 0 Å². The summed E-state index contributed by atoms with van der Waals surface area (Å²) >= 11 is 0. The number of carbonyl (C=O) groups excluding carboxylic acids is 1. The van der Waals surface area contributed by atoms with Gasteiger partial charge in [-0.15, -0.1) is 0 Å². The quantitative estimate of drug-likeness (QED) is 0.791. The molecule has 2 heterocycles. The minimum Gasteiger partial charge on any atom is -0.493 e. The van der Waals surface area contributed by atoms with Gasteiger partial charge in [-0.05, 0) is 29.7 Å². The van der Waals surface area contributed by atoms with E-state index in [1.807, 2.05) is 22.9 Å². The number of hydrogen-bond acceptors (Lipinski definition) is 4. The molecular formula is C16H19N3O2. The van der Waals surface area contributed by atoms with Gasteiger partial charge in [-0.1, -0.05) is 13.8 Å². The molecule has 110 valence electrons. The average Bonchev–Trinajstić information content (AvgIpc) is 3.06. The van der Waals surface area contributed by atoms with E-state index in [1.165, 1.54) is 6.33 Å². The van der Waals surface area contributed by atoms with E-state index in [0.717, 1.165) is 35.7 Å². The first kappa shape index (κ1) is 13.8. The predicted molar refractivity (Wildman–Crippen MR) is 78.5 cm³/mol. The Kier molecular flexibility index (Phi) is 3.73. The third kappa shape index (κ3) is 2.96. The van der Waals surface area contributed by atoms with Crippen molar-refractivity contribution in [1.29, 1.82) is 0 Å². The van der Waals surface area contributed by atoms with Crippen LogP contribution in [0.1, 0.15) is 35.6 Å². The fourth-order valence-electron chi connectivity index (χ4n) is 2.53. The molecule has 0 atom stereocenters. The zero-order chi connectivity index (χ0) is 14.8. The van der Waals surface area contributed by atoms with Crippen LogP contribution < -0.4 is 4.74 Å². The van der Waals surface area contributed by atoms with Crippen molar-refractivity contribution < 1.29 is 9.53 Å². The van der Waals surface area contributed by atoms with Gasteiger partial charge in [0.05, 0.1) is 13.0 Å². The second-order valence-electron chi connectivity index (χ2n) is 5.77. The fourth-order valence-corrected chi connectivity index (χ4v) is 2.53. The fraction of sp³-hybridized carbons (Fsp3) is 0.438. The van der Waals surface area contributed by atoms with Crippen molar-refractivity contribution in [2.75, 3.05) is 6.61 Å². The summed E-state index contributed by atoms with van der Waals surface area (Å²) in [5.41, 5.74) is 1.84. The van der Waals surface area contributed by atoms with Crippen LogP contribution in [-0.4, -0.2) is 27.2 Å². The molecule has 0 bridgehead atoms. The standard InChI is InChI=1S/C16H19N3O2/c1-11(2)9-19-16(17-10-18-19)8-14(20)12-3-4-15-13(7-12)5-6-21-15/h3-4,7,10-11H,5-6,8-9H2,1-2H3. The molecular weight excluding hydrogens is 266 g/mol. The van der Waals surface area contributed by atoms with Crippen LogP contribution >= 0.6 is 0 Å². The van der Waals surface area contributed by atoms with Crippen LogP contribution in [-0.2, 0) is 19.4 Å². The maximum absolute atomic E-state index is 12.4. The summed E-state index contributed by atoms with van der Waals surface area (Å²) < 4.78 is 7.28. The normalized spacial score (nSPS) is 13.3. The van der Waals surface area contributed by atoms with Crippen molar-refractivity contribution >= 4 is 5.78 Å². The minimum atomic E-state index is 0.0720. The molecule has 0 amide bonds. The Morgan fingerprint density at radius 1 is 1.43 bits per heavy atom. The highest BCUT2D eigenvalue weighted by Gasteiger charge is 2.17. The molecule has 1 aromatic heterocycles. The number of ether oxygens (including phenoxy) is 1. The van der Waals surface area contributed by atoms with Crippen LogP contribution in [0.15, 0.2) is 24.5 Å². The molecule has 0 saturated heterocycles. The molecule has 0 N–H and O–H groups in total. The van der Waals surface area contributed by atoms with E-state index in [9.17, 15) is 4.79 Å². The van der Waals surface area contributed by atoms with E-state index in [1.54, 1.807) is 0 Å². The second kappa shape index (κ2) is 5.68. The Hall–Kier alpha value is -2.17. The van der Waals surface area contributed by atoms with Gasteiger partial charge in [0.25, 0.3) is 0 Å². The molecule has 5 heteroatoms. The summed E-state index contributed by atoms with van der Waals surface area (Å²) in [7, 11) is 0. The lowest BCUT2D eigenvalue weighted by Gasteiger charge is -2.08. The SMILES string of the molecule is CC(C)Cn1ncnc1CC(=O)c1ccc2c(c1)CCO2. The zero-order valence-electron chi connectivity index (χ0n) is 12.4. The van der Waals surface area contributed by atoms with Crippen molar-refractivity contribution in [3.05, 3.63) is 41.5 Å². The summed E-state index contributed by atoms with van der Waals surface area (Å²) in [6.45, 7) is 5.72. The highest BCUT2D eigenvalue weighted by atomic mass is 16.5. The van der Waals surface area contributed by atoms with Crippen LogP contribution in [0, 0.1) is 5.92 Å². The molecule has 5 nitrogen and oxygen atoms in total. The molecule has 0 fully saturated rings. The molecule has 2 aromatic rings. The van der Waals surface area contributed by atoms with Crippen molar-refractivity contribution in [3.63, 3.8) is 0 Å². The topological polar surface area (TPSA) is 57.0 Å². The van der Waals surface area contributed by atoms with Crippen molar-refractivity contribution in [2.24, 2.45) is 5.92 Å². The Labute approximate surface area is 124 Å². The van der Waals surface area contributed by atoms with Gasteiger partial charge < -0.3 is 4.74 Å². The monoisotopic (exact) mass is 285 g/mol. The van der Waals surface area contributed by atoms with Crippen LogP contribution in [0.2, 0.25) is 0 Å². The first-order valence-electron chi connectivity index (χ1n) is 7.29. The Balaban J connectivity index is 1.76. The lowest BCUT2D eigenvalue weighted by atomic mass is 10.0.